The summed E-state index contributed by atoms with van der Waals surface area (Å²) in [7, 11) is 0. The van der Waals surface area contributed by atoms with Crippen LogP contribution in [-0.4, -0.2) is 0 Å². The van der Waals surface area contributed by atoms with Crippen molar-refractivity contribution in [2.45, 2.75) is 5.41 Å². The van der Waals surface area contributed by atoms with E-state index in [9.17, 15) is 0 Å². The largest absolute Gasteiger partial charge is 0.455 e. The Morgan fingerprint density at radius 2 is 0.828 bits per heavy atom. The van der Waals surface area contributed by atoms with Crippen LogP contribution in [0.25, 0.3) is 88.4 Å². The summed E-state index contributed by atoms with van der Waals surface area (Å²) in [6.45, 7) is 0. The van der Waals surface area contributed by atoms with Gasteiger partial charge in [-0.2, -0.15) is 0 Å². The van der Waals surface area contributed by atoms with Crippen molar-refractivity contribution in [1.29, 1.82) is 0 Å². The van der Waals surface area contributed by atoms with Gasteiger partial charge in [0.15, 0.2) is 5.58 Å². The topological polar surface area (TPSA) is 29.5 Å². The van der Waals surface area contributed by atoms with Gasteiger partial charge >= 0.3 is 0 Å². The van der Waals surface area contributed by atoms with Crippen LogP contribution < -0.4 is 4.90 Å². The highest BCUT2D eigenvalue weighted by Gasteiger charge is 2.51. The highest BCUT2D eigenvalue weighted by Crippen LogP contribution is 2.63. The smallest absolute Gasteiger partial charge is 0.159 e. The monoisotopic (exact) mass is 815 g/mol. The Hall–Kier alpha value is -8.40. The number of anilines is 3. The molecule has 0 saturated carbocycles. The van der Waals surface area contributed by atoms with E-state index in [0.717, 1.165) is 83.2 Å². The summed E-state index contributed by atoms with van der Waals surface area (Å²) in [6.07, 6.45) is 0. The van der Waals surface area contributed by atoms with Gasteiger partial charge in [0, 0.05) is 38.5 Å². The number of benzene rings is 10. The van der Waals surface area contributed by atoms with Crippen LogP contribution in [-0.2, 0) is 5.41 Å². The minimum absolute atomic E-state index is 0.465. The second-order valence-electron chi connectivity index (χ2n) is 17.1. The number of fused-ring (bicyclic) bond motifs is 16. The van der Waals surface area contributed by atoms with Crippen molar-refractivity contribution >= 4 is 60.9 Å². The molecular weight excluding hydrogens is 779 g/mol. The zero-order chi connectivity index (χ0) is 41.9. The fraction of sp³-hybridized carbons (Fsp3) is 0.0164. The van der Waals surface area contributed by atoms with Gasteiger partial charge in [-0.15, -0.1) is 0 Å². The van der Waals surface area contributed by atoms with Crippen LogP contribution in [0.3, 0.4) is 0 Å². The predicted molar refractivity (Wildman–Crippen MR) is 263 cm³/mol. The predicted octanol–water partition coefficient (Wildman–Crippen LogP) is 16.6. The molecule has 3 heteroatoms. The van der Waals surface area contributed by atoms with Crippen molar-refractivity contribution in [1.82, 2.24) is 0 Å². The van der Waals surface area contributed by atoms with Crippen molar-refractivity contribution in [3.63, 3.8) is 0 Å². The molecule has 2 aromatic heterocycles. The van der Waals surface area contributed by atoms with Gasteiger partial charge in [0.25, 0.3) is 0 Å². The van der Waals surface area contributed by atoms with E-state index in [4.69, 9.17) is 8.83 Å². The molecule has 2 heterocycles. The van der Waals surface area contributed by atoms with Crippen LogP contribution in [0.1, 0.15) is 22.3 Å². The lowest BCUT2D eigenvalue weighted by atomic mass is 9.70. The zero-order valence-electron chi connectivity index (χ0n) is 34.6. The minimum Gasteiger partial charge on any atom is -0.455 e. The molecule has 3 nitrogen and oxygen atoms in total. The lowest BCUT2D eigenvalue weighted by Gasteiger charge is -2.32. The standard InChI is InChI=1S/C61H37NO2/c1-2-14-39(15-3-1)43-20-12-21-50-51-36-40(30-35-58(51)63-59(43)50)38-28-31-41(32-29-38)62(56-26-13-22-49-48-19-7-11-27-57(48)64-60(49)56)42-33-34-47-46-18-6-10-25-54(46)61(55(47)37-42)52-23-8-4-16-44(52)45-17-5-9-24-53(45)61/h1-37H. The highest BCUT2D eigenvalue weighted by molar-refractivity contribution is 6.12. The molecule has 14 rings (SSSR count). The van der Waals surface area contributed by atoms with Crippen molar-refractivity contribution in [3.8, 4) is 44.5 Å². The highest BCUT2D eigenvalue weighted by atomic mass is 16.3. The van der Waals surface area contributed by atoms with Gasteiger partial charge in [0.1, 0.15) is 16.7 Å². The Bertz CT molecular complexity index is 3790. The van der Waals surface area contributed by atoms with Crippen molar-refractivity contribution in [3.05, 3.63) is 247 Å². The molecule has 0 saturated heterocycles. The van der Waals surface area contributed by atoms with E-state index in [-0.39, 0.29) is 0 Å². The first kappa shape index (κ1) is 35.2. The van der Waals surface area contributed by atoms with Crippen molar-refractivity contribution in [2.24, 2.45) is 0 Å². The fourth-order valence-corrected chi connectivity index (χ4v) is 11.2. The number of para-hydroxylation sites is 3. The summed E-state index contributed by atoms with van der Waals surface area (Å²) < 4.78 is 13.3. The normalized spacial score (nSPS) is 13.1. The Morgan fingerprint density at radius 3 is 1.56 bits per heavy atom. The lowest BCUT2D eigenvalue weighted by Crippen LogP contribution is -2.26. The Morgan fingerprint density at radius 1 is 0.297 bits per heavy atom. The van der Waals surface area contributed by atoms with Crippen LogP contribution in [0, 0.1) is 0 Å². The summed E-state index contributed by atoms with van der Waals surface area (Å²) in [6, 6.07) is 81.4. The van der Waals surface area contributed by atoms with E-state index in [0.29, 0.717) is 0 Å². The Kier molecular flexibility index (Phi) is 7.32. The Balaban J connectivity index is 0.956. The molecule has 0 amide bonds. The molecule has 0 bridgehead atoms. The molecular formula is C61H37NO2. The number of hydrogen-bond acceptors (Lipinski definition) is 3. The number of rotatable bonds is 5. The molecule has 0 N–H and O–H groups in total. The van der Waals surface area contributed by atoms with E-state index in [1.165, 1.54) is 44.5 Å². The second kappa shape index (κ2) is 13.3. The Labute approximate surface area is 369 Å². The van der Waals surface area contributed by atoms with E-state index in [1.807, 2.05) is 12.1 Å². The molecule has 2 aliphatic rings. The molecule has 0 atom stereocenters. The third-order valence-corrected chi connectivity index (χ3v) is 13.9. The maximum Gasteiger partial charge on any atom is 0.159 e. The summed E-state index contributed by atoms with van der Waals surface area (Å²) in [5, 5.41) is 4.42. The molecule has 0 unspecified atom stereocenters. The van der Waals surface area contributed by atoms with Crippen LogP contribution in [0.5, 0.6) is 0 Å². The molecule has 12 aromatic rings. The minimum atomic E-state index is -0.465. The van der Waals surface area contributed by atoms with E-state index < -0.39 is 5.41 Å². The molecule has 0 aliphatic heterocycles. The van der Waals surface area contributed by atoms with Crippen LogP contribution >= 0.6 is 0 Å². The molecule has 2 aliphatic carbocycles. The van der Waals surface area contributed by atoms with Gasteiger partial charge in [-0.1, -0.05) is 176 Å². The molecule has 64 heavy (non-hydrogen) atoms. The van der Waals surface area contributed by atoms with Crippen molar-refractivity contribution in [2.75, 3.05) is 4.90 Å². The van der Waals surface area contributed by atoms with Gasteiger partial charge in [-0.3, -0.25) is 0 Å². The summed E-state index contributed by atoms with van der Waals surface area (Å²) in [4.78, 5) is 2.39. The first-order valence-electron chi connectivity index (χ1n) is 22.0. The first-order chi connectivity index (χ1) is 31.7. The fourth-order valence-electron chi connectivity index (χ4n) is 11.2. The average Bonchev–Trinajstić information content (AvgIpc) is 4.10. The number of hydrogen-bond donors (Lipinski definition) is 0. The van der Waals surface area contributed by atoms with Gasteiger partial charge in [0.05, 0.1) is 11.1 Å². The molecule has 0 radical (unpaired) electrons. The summed E-state index contributed by atoms with van der Waals surface area (Å²) in [5.74, 6) is 0. The van der Waals surface area contributed by atoms with E-state index >= 15 is 0 Å². The summed E-state index contributed by atoms with van der Waals surface area (Å²) >= 11 is 0. The zero-order valence-corrected chi connectivity index (χ0v) is 34.6. The molecule has 298 valence electrons. The number of furan rings is 2. The third-order valence-electron chi connectivity index (χ3n) is 13.9. The number of nitrogens with zero attached hydrogens (tertiary/aromatic N) is 1. The van der Waals surface area contributed by atoms with Crippen LogP contribution in [0.15, 0.2) is 233 Å². The summed E-state index contributed by atoms with van der Waals surface area (Å²) in [5.41, 5.74) is 21.1. The molecule has 1 spiro atoms. The van der Waals surface area contributed by atoms with Crippen molar-refractivity contribution < 1.29 is 8.83 Å². The van der Waals surface area contributed by atoms with E-state index in [2.05, 4.69) is 217 Å². The maximum atomic E-state index is 6.78. The third kappa shape index (κ3) is 4.81. The van der Waals surface area contributed by atoms with Gasteiger partial charge < -0.3 is 13.7 Å². The quantitative estimate of drug-likeness (QED) is 0.173. The second-order valence-corrected chi connectivity index (χ2v) is 17.1. The lowest BCUT2D eigenvalue weighted by molar-refractivity contribution is 0.669. The van der Waals surface area contributed by atoms with Gasteiger partial charge in [-0.05, 0) is 110 Å². The maximum absolute atomic E-state index is 6.78. The SMILES string of the molecule is c1ccc(-c2cccc3c2oc2ccc(-c4ccc(N(c5ccc6c(c5)C5(c7ccccc7-c7ccccc75)c5ccccc5-6)c5cccc6c5oc5ccccc56)cc4)cc23)cc1. The van der Waals surface area contributed by atoms with Gasteiger partial charge in [0.2, 0.25) is 0 Å². The molecule has 10 aromatic carbocycles. The molecule has 0 fully saturated rings. The van der Waals surface area contributed by atoms with Crippen LogP contribution in [0.4, 0.5) is 17.1 Å². The van der Waals surface area contributed by atoms with Gasteiger partial charge in [-0.25, -0.2) is 0 Å². The van der Waals surface area contributed by atoms with Crippen LogP contribution in [0.2, 0.25) is 0 Å². The average molecular weight is 816 g/mol. The van der Waals surface area contributed by atoms with E-state index in [1.54, 1.807) is 0 Å². The first-order valence-corrected chi connectivity index (χ1v) is 22.0.